The Morgan fingerprint density at radius 1 is 1.09 bits per heavy atom. The number of carbonyl (C=O) groups is 2. The molecule has 0 saturated heterocycles. The molecule has 4 N–H and O–H groups in total. The molecule has 22 heavy (non-hydrogen) atoms. The molecule has 2 amide bonds. The first-order chi connectivity index (χ1) is 10.7. The van der Waals surface area contributed by atoms with Crippen LogP contribution in [-0.2, 0) is 11.3 Å². The molecule has 0 spiro atoms. The van der Waals surface area contributed by atoms with Crippen molar-refractivity contribution >= 4 is 17.5 Å². The van der Waals surface area contributed by atoms with Crippen LogP contribution < -0.4 is 16.4 Å². The standard InChI is InChI=1S/C17H17N3O2/c18-16(21)13-7-3-4-8-15(13)20-17(22)14-10-19-9-11-5-1-2-6-12(11)14/h1-8,14,19H,9-10H2,(H2,18,21)(H,20,22). The van der Waals surface area contributed by atoms with Crippen molar-refractivity contribution in [3.05, 3.63) is 65.2 Å². The van der Waals surface area contributed by atoms with Gasteiger partial charge in [0.1, 0.15) is 0 Å². The molecular weight excluding hydrogens is 278 g/mol. The fourth-order valence-corrected chi connectivity index (χ4v) is 2.76. The van der Waals surface area contributed by atoms with Gasteiger partial charge in [0, 0.05) is 13.1 Å². The molecule has 0 radical (unpaired) electrons. The predicted molar refractivity (Wildman–Crippen MR) is 84.5 cm³/mol. The number of para-hydroxylation sites is 1. The molecule has 1 atom stereocenters. The maximum Gasteiger partial charge on any atom is 0.250 e. The lowest BCUT2D eigenvalue weighted by molar-refractivity contribution is -0.117. The van der Waals surface area contributed by atoms with Crippen LogP contribution in [0, 0.1) is 0 Å². The summed E-state index contributed by atoms with van der Waals surface area (Å²) in [6.45, 7) is 1.33. The Balaban J connectivity index is 1.86. The third-order valence-corrected chi connectivity index (χ3v) is 3.86. The Morgan fingerprint density at radius 3 is 2.64 bits per heavy atom. The van der Waals surface area contributed by atoms with Crippen molar-refractivity contribution < 1.29 is 9.59 Å². The summed E-state index contributed by atoms with van der Waals surface area (Å²) in [4.78, 5) is 24.0. The highest BCUT2D eigenvalue weighted by Gasteiger charge is 2.26. The zero-order chi connectivity index (χ0) is 15.5. The number of hydrogen-bond donors (Lipinski definition) is 3. The molecule has 112 valence electrons. The van der Waals surface area contributed by atoms with E-state index in [4.69, 9.17) is 5.73 Å². The van der Waals surface area contributed by atoms with E-state index in [9.17, 15) is 9.59 Å². The summed E-state index contributed by atoms with van der Waals surface area (Å²) in [6.07, 6.45) is 0. The number of fused-ring (bicyclic) bond motifs is 1. The van der Waals surface area contributed by atoms with Crippen LogP contribution >= 0.6 is 0 Å². The lowest BCUT2D eigenvalue weighted by atomic mass is 9.90. The van der Waals surface area contributed by atoms with Gasteiger partial charge in [0.2, 0.25) is 5.91 Å². The van der Waals surface area contributed by atoms with Gasteiger partial charge in [-0.15, -0.1) is 0 Å². The summed E-state index contributed by atoms with van der Waals surface area (Å²) in [5.41, 5.74) is 8.25. The largest absolute Gasteiger partial charge is 0.366 e. The molecule has 0 bridgehead atoms. The minimum Gasteiger partial charge on any atom is -0.366 e. The Labute approximate surface area is 128 Å². The number of nitrogens with two attached hydrogens (primary N) is 1. The van der Waals surface area contributed by atoms with E-state index in [1.807, 2.05) is 24.3 Å². The lowest BCUT2D eigenvalue weighted by Crippen LogP contribution is -2.35. The van der Waals surface area contributed by atoms with Crippen LogP contribution in [0.4, 0.5) is 5.69 Å². The summed E-state index contributed by atoms with van der Waals surface area (Å²) in [7, 11) is 0. The van der Waals surface area contributed by atoms with Gasteiger partial charge in [0.05, 0.1) is 17.2 Å². The average Bonchev–Trinajstić information content (AvgIpc) is 2.54. The van der Waals surface area contributed by atoms with E-state index in [0.29, 0.717) is 17.8 Å². The van der Waals surface area contributed by atoms with Gasteiger partial charge in [-0.1, -0.05) is 36.4 Å². The number of amides is 2. The van der Waals surface area contributed by atoms with Crippen molar-refractivity contribution in [2.75, 3.05) is 11.9 Å². The van der Waals surface area contributed by atoms with E-state index in [2.05, 4.69) is 10.6 Å². The molecule has 2 aromatic rings. The highest BCUT2D eigenvalue weighted by atomic mass is 16.2. The van der Waals surface area contributed by atoms with Crippen LogP contribution in [0.15, 0.2) is 48.5 Å². The number of anilines is 1. The lowest BCUT2D eigenvalue weighted by Gasteiger charge is -2.25. The predicted octanol–water partition coefficient (Wildman–Crippen LogP) is 1.61. The van der Waals surface area contributed by atoms with E-state index >= 15 is 0 Å². The van der Waals surface area contributed by atoms with Crippen molar-refractivity contribution in [3.63, 3.8) is 0 Å². The van der Waals surface area contributed by atoms with E-state index in [1.165, 1.54) is 0 Å². The summed E-state index contributed by atoms with van der Waals surface area (Å²) < 4.78 is 0. The molecule has 5 nitrogen and oxygen atoms in total. The quantitative estimate of drug-likeness (QED) is 0.804. The molecule has 1 aliphatic rings. The van der Waals surface area contributed by atoms with E-state index in [0.717, 1.165) is 17.7 Å². The maximum absolute atomic E-state index is 12.6. The summed E-state index contributed by atoms with van der Waals surface area (Å²) in [6, 6.07) is 14.6. The maximum atomic E-state index is 12.6. The monoisotopic (exact) mass is 295 g/mol. The minimum atomic E-state index is -0.557. The Kier molecular flexibility index (Phi) is 3.89. The summed E-state index contributed by atoms with van der Waals surface area (Å²) in [5, 5.41) is 6.07. The van der Waals surface area contributed by atoms with Gasteiger partial charge in [0.25, 0.3) is 5.91 Å². The van der Waals surface area contributed by atoms with Crippen molar-refractivity contribution in [2.45, 2.75) is 12.5 Å². The molecule has 1 heterocycles. The molecule has 3 rings (SSSR count). The third kappa shape index (κ3) is 2.71. The van der Waals surface area contributed by atoms with Gasteiger partial charge in [-0.05, 0) is 23.3 Å². The van der Waals surface area contributed by atoms with Crippen LogP contribution in [0.25, 0.3) is 0 Å². The zero-order valence-corrected chi connectivity index (χ0v) is 12.0. The molecule has 5 heteroatoms. The number of benzene rings is 2. The highest BCUT2D eigenvalue weighted by Crippen LogP contribution is 2.25. The first-order valence-corrected chi connectivity index (χ1v) is 7.15. The van der Waals surface area contributed by atoms with Crippen molar-refractivity contribution in [1.29, 1.82) is 0 Å². The van der Waals surface area contributed by atoms with Crippen molar-refractivity contribution in [2.24, 2.45) is 5.73 Å². The highest BCUT2D eigenvalue weighted by molar-refractivity contribution is 6.04. The number of nitrogens with one attached hydrogen (secondary N) is 2. The third-order valence-electron chi connectivity index (χ3n) is 3.86. The number of carbonyl (C=O) groups excluding carboxylic acids is 2. The molecule has 1 aliphatic heterocycles. The van der Waals surface area contributed by atoms with E-state index in [1.54, 1.807) is 24.3 Å². The molecule has 0 saturated carbocycles. The van der Waals surface area contributed by atoms with Crippen LogP contribution in [0.5, 0.6) is 0 Å². The Morgan fingerprint density at radius 2 is 1.82 bits per heavy atom. The second kappa shape index (κ2) is 5.99. The van der Waals surface area contributed by atoms with Crippen LogP contribution in [0.3, 0.4) is 0 Å². The normalized spacial score (nSPS) is 16.6. The Bertz CT molecular complexity index is 727. The second-order valence-electron chi connectivity index (χ2n) is 5.28. The van der Waals surface area contributed by atoms with Crippen LogP contribution in [-0.4, -0.2) is 18.4 Å². The van der Waals surface area contributed by atoms with Crippen molar-refractivity contribution in [1.82, 2.24) is 5.32 Å². The molecular formula is C17H17N3O2. The van der Waals surface area contributed by atoms with Gasteiger partial charge in [-0.3, -0.25) is 9.59 Å². The van der Waals surface area contributed by atoms with E-state index < -0.39 is 5.91 Å². The molecule has 0 aliphatic carbocycles. The first-order valence-electron chi connectivity index (χ1n) is 7.15. The van der Waals surface area contributed by atoms with Gasteiger partial charge in [-0.2, -0.15) is 0 Å². The van der Waals surface area contributed by atoms with Gasteiger partial charge in [0.15, 0.2) is 0 Å². The zero-order valence-electron chi connectivity index (χ0n) is 12.0. The van der Waals surface area contributed by atoms with Gasteiger partial charge in [-0.25, -0.2) is 0 Å². The fourth-order valence-electron chi connectivity index (χ4n) is 2.76. The SMILES string of the molecule is NC(=O)c1ccccc1NC(=O)C1CNCc2ccccc21. The first kappa shape index (κ1) is 14.3. The number of hydrogen-bond acceptors (Lipinski definition) is 3. The number of primary amides is 1. The molecule has 1 unspecified atom stereocenters. The summed E-state index contributed by atoms with van der Waals surface area (Å²) in [5.74, 6) is -0.989. The van der Waals surface area contributed by atoms with Gasteiger partial charge < -0.3 is 16.4 Å². The fraction of sp³-hybridized carbons (Fsp3) is 0.176. The molecule has 0 aromatic heterocycles. The average molecular weight is 295 g/mol. The molecule has 2 aromatic carbocycles. The van der Waals surface area contributed by atoms with Crippen LogP contribution in [0.2, 0.25) is 0 Å². The second-order valence-corrected chi connectivity index (χ2v) is 5.28. The van der Waals surface area contributed by atoms with Gasteiger partial charge >= 0.3 is 0 Å². The van der Waals surface area contributed by atoms with Crippen LogP contribution in [0.1, 0.15) is 27.4 Å². The molecule has 0 fully saturated rings. The minimum absolute atomic E-state index is 0.145. The van der Waals surface area contributed by atoms with E-state index in [-0.39, 0.29) is 11.8 Å². The number of rotatable bonds is 3. The summed E-state index contributed by atoms with van der Waals surface area (Å²) >= 11 is 0. The van der Waals surface area contributed by atoms with Crippen molar-refractivity contribution in [3.8, 4) is 0 Å². The smallest absolute Gasteiger partial charge is 0.250 e. The topological polar surface area (TPSA) is 84.2 Å². The Hall–Kier alpha value is -2.66.